The lowest BCUT2D eigenvalue weighted by Gasteiger charge is -2.19. The molecule has 0 bridgehead atoms. The SMILES string of the molecule is COc1cc(OC)c(Cl)c(C(=O)N(C)CCCNC(=O)c2ccccc2CCN(C)C)c1. The number of hydrogen-bond donors (Lipinski definition) is 1. The smallest absolute Gasteiger partial charge is 0.255 e. The van der Waals surface area contributed by atoms with Gasteiger partial charge in [0, 0.05) is 38.3 Å². The number of amides is 2. The van der Waals surface area contributed by atoms with E-state index < -0.39 is 0 Å². The lowest BCUT2D eigenvalue weighted by atomic mass is 10.0. The number of nitrogens with one attached hydrogen (secondary N) is 1. The quantitative estimate of drug-likeness (QED) is 0.519. The summed E-state index contributed by atoms with van der Waals surface area (Å²) in [6.45, 7) is 1.78. The standard InChI is InChI=1S/C24H32ClN3O4/c1-27(2)14-11-17-9-6-7-10-19(17)23(29)26-12-8-13-28(3)24(30)20-15-18(31-4)16-21(32-5)22(20)25/h6-7,9-10,15-16H,8,11-14H2,1-5H3,(H,26,29). The molecule has 2 aromatic rings. The molecule has 2 amide bonds. The van der Waals surface area contributed by atoms with Crippen LogP contribution in [0.3, 0.4) is 0 Å². The van der Waals surface area contributed by atoms with Crippen LogP contribution in [0.1, 0.15) is 32.7 Å². The van der Waals surface area contributed by atoms with E-state index in [0.29, 0.717) is 42.1 Å². The number of rotatable bonds is 11. The van der Waals surface area contributed by atoms with Gasteiger partial charge in [-0.1, -0.05) is 29.8 Å². The van der Waals surface area contributed by atoms with Gasteiger partial charge < -0.3 is 24.6 Å². The number of carbonyl (C=O) groups excluding carboxylic acids is 2. The Morgan fingerprint density at radius 3 is 2.38 bits per heavy atom. The predicted molar refractivity (Wildman–Crippen MR) is 127 cm³/mol. The Morgan fingerprint density at radius 2 is 1.72 bits per heavy atom. The molecule has 0 fully saturated rings. The Balaban J connectivity index is 1.92. The molecule has 2 rings (SSSR count). The Hall–Kier alpha value is -2.77. The Labute approximate surface area is 195 Å². The molecule has 1 N–H and O–H groups in total. The van der Waals surface area contributed by atoms with E-state index in [1.54, 1.807) is 24.1 Å². The molecular formula is C24H32ClN3O4. The average molecular weight is 462 g/mol. The Bertz CT molecular complexity index is 933. The van der Waals surface area contributed by atoms with Gasteiger partial charge in [-0.15, -0.1) is 0 Å². The second-order valence-electron chi connectivity index (χ2n) is 7.74. The molecule has 7 nitrogen and oxygen atoms in total. The van der Waals surface area contributed by atoms with Gasteiger partial charge in [0.25, 0.3) is 11.8 Å². The van der Waals surface area contributed by atoms with Crippen molar-refractivity contribution in [3.8, 4) is 11.5 Å². The van der Waals surface area contributed by atoms with Crippen molar-refractivity contribution < 1.29 is 19.1 Å². The van der Waals surface area contributed by atoms with Crippen molar-refractivity contribution in [1.29, 1.82) is 0 Å². The van der Waals surface area contributed by atoms with Crippen LogP contribution in [-0.4, -0.2) is 76.6 Å². The highest BCUT2D eigenvalue weighted by Gasteiger charge is 2.20. The number of halogens is 1. The molecule has 8 heteroatoms. The summed E-state index contributed by atoms with van der Waals surface area (Å²) in [7, 11) is 8.72. The van der Waals surface area contributed by atoms with Crippen LogP contribution in [0.15, 0.2) is 36.4 Å². The number of methoxy groups -OCH3 is 2. The molecule has 0 unspecified atom stereocenters. The second kappa shape index (κ2) is 12.3. The van der Waals surface area contributed by atoms with Crippen molar-refractivity contribution in [3.63, 3.8) is 0 Å². The normalized spacial score (nSPS) is 10.7. The van der Waals surface area contributed by atoms with E-state index >= 15 is 0 Å². The van der Waals surface area contributed by atoms with Gasteiger partial charge in [0.1, 0.15) is 11.5 Å². The Kier molecular flexibility index (Phi) is 9.81. The van der Waals surface area contributed by atoms with Crippen LogP contribution in [-0.2, 0) is 6.42 Å². The van der Waals surface area contributed by atoms with Gasteiger partial charge in [-0.3, -0.25) is 9.59 Å². The highest BCUT2D eigenvalue weighted by Crippen LogP contribution is 2.33. The third-order valence-electron chi connectivity index (χ3n) is 5.09. The first-order chi connectivity index (χ1) is 15.3. The molecule has 0 saturated heterocycles. The van der Waals surface area contributed by atoms with Crippen LogP contribution in [0.25, 0.3) is 0 Å². The fraction of sp³-hybridized carbons (Fsp3) is 0.417. The first-order valence-corrected chi connectivity index (χ1v) is 10.8. The molecule has 0 aliphatic heterocycles. The van der Waals surface area contributed by atoms with E-state index in [1.165, 1.54) is 14.2 Å². The zero-order valence-corrected chi connectivity index (χ0v) is 20.2. The van der Waals surface area contributed by atoms with Gasteiger partial charge in [-0.2, -0.15) is 0 Å². The van der Waals surface area contributed by atoms with E-state index in [9.17, 15) is 9.59 Å². The minimum Gasteiger partial charge on any atom is -0.497 e. The molecule has 0 heterocycles. The molecule has 0 saturated carbocycles. The third-order valence-corrected chi connectivity index (χ3v) is 5.48. The molecule has 0 radical (unpaired) electrons. The van der Waals surface area contributed by atoms with E-state index in [-0.39, 0.29) is 16.8 Å². The van der Waals surface area contributed by atoms with Gasteiger partial charge in [-0.05, 0) is 44.6 Å². The topological polar surface area (TPSA) is 71.1 Å². The zero-order valence-electron chi connectivity index (χ0n) is 19.4. The molecule has 0 aliphatic rings. The molecular weight excluding hydrogens is 430 g/mol. The largest absolute Gasteiger partial charge is 0.497 e. The minimum atomic E-state index is -0.243. The van der Waals surface area contributed by atoms with Gasteiger partial charge in [0.2, 0.25) is 0 Å². The summed E-state index contributed by atoms with van der Waals surface area (Å²) in [5.41, 5.74) is 2.02. The summed E-state index contributed by atoms with van der Waals surface area (Å²) >= 11 is 6.32. The Morgan fingerprint density at radius 1 is 1.00 bits per heavy atom. The van der Waals surface area contributed by atoms with Gasteiger partial charge in [-0.25, -0.2) is 0 Å². The zero-order chi connectivity index (χ0) is 23.7. The van der Waals surface area contributed by atoms with E-state index in [2.05, 4.69) is 10.2 Å². The van der Waals surface area contributed by atoms with Crippen molar-refractivity contribution in [2.75, 3.05) is 55.0 Å². The van der Waals surface area contributed by atoms with Crippen molar-refractivity contribution in [1.82, 2.24) is 15.1 Å². The summed E-state index contributed by atoms with van der Waals surface area (Å²) < 4.78 is 10.5. The monoisotopic (exact) mass is 461 g/mol. The van der Waals surface area contributed by atoms with Crippen molar-refractivity contribution >= 4 is 23.4 Å². The minimum absolute atomic E-state index is 0.103. The second-order valence-corrected chi connectivity index (χ2v) is 8.12. The summed E-state index contributed by atoms with van der Waals surface area (Å²) in [4.78, 5) is 29.2. The molecule has 0 aliphatic carbocycles. The third kappa shape index (κ3) is 6.87. The molecule has 32 heavy (non-hydrogen) atoms. The van der Waals surface area contributed by atoms with Crippen LogP contribution < -0.4 is 14.8 Å². The van der Waals surface area contributed by atoms with E-state index in [0.717, 1.165) is 18.5 Å². The van der Waals surface area contributed by atoms with Gasteiger partial charge in [0.15, 0.2) is 0 Å². The number of nitrogens with zero attached hydrogens (tertiary/aromatic N) is 2. The first-order valence-electron chi connectivity index (χ1n) is 10.5. The fourth-order valence-corrected chi connectivity index (χ4v) is 3.49. The number of hydrogen-bond acceptors (Lipinski definition) is 5. The lowest BCUT2D eigenvalue weighted by Crippen LogP contribution is -2.32. The fourth-order valence-electron chi connectivity index (χ4n) is 3.22. The van der Waals surface area contributed by atoms with Crippen LogP contribution >= 0.6 is 11.6 Å². The van der Waals surface area contributed by atoms with Crippen LogP contribution in [0.4, 0.5) is 0 Å². The number of likely N-dealkylation sites (N-methyl/N-ethyl adjacent to an activating group) is 1. The van der Waals surface area contributed by atoms with Crippen LogP contribution in [0, 0.1) is 0 Å². The maximum atomic E-state index is 12.9. The van der Waals surface area contributed by atoms with Crippen molar-refractivity contribution in [2.24, 2.45) is 0 Å². The van der Waals surface area contributed by atoms with E-state index in [4.69, 9.17) is 21.1 Å². The highest BCUT2D eigenvalue weighted by molar-refractivity contribution is 6.35. The number of ether oxygens (including phenoxy) is 2. The lowest BCUT2D eigenvalue weighted by molar-refractivity contribution is 0.0793. The maximum Gasteiger partial charge on any atom is 0.255 e. The van der Waals surface area contributed by atoms with E-state index in [1.807, 2.05) is 38.4 Å². The van der Waals surface area contributed by atoms with Crippen molar-refractivity contribution in [3.05, 3.63) is 58.1 Å². The molecule has 0 spiro atoms. The molecule has 174 valence electrons. The van der Waals surface area contributed by atoms with Crippen molar-refractivity contribution in [2.45, 2.75) is 12.8 Å². The summed E-state index contributed by atoms with van der Waals surface area (Å²) in [5.74, 6) is 0.521. The summed E-state index contributed by atoms with van der Waals surface area (Å²) in [6, 6.07) is 10.9. The maximum absolute atomic E-state index is 12.9. The number of benzene rings is 2. The summed E-state index contributed by atoms with van der Waals surface area (Å²) in [5, 5.41) is 3.20. The van der Waals surface area contributed by atoms with Crippen LogP contribution in [0.2, 0.25) is 5.02 Å². The molecule has 0 aromatic heterocycles. The summed E-state index contributed by atoms with van der Waals surface area (Å²) in [6.07, 6.45) is 1.41. The van der Waals surface area contributed by atoms with Gasteiger partial charge in [0.05, 0.1) is 24.8 Å². The number of carbonyl (C=O) groups is 2. The molecule has 2 aromatic carbocycles. The first kappa shape index (κ1) is 25.5. The van der Waals surface area contributed by atoms with Crippen LogP contribution in [0.5, 0.6) is 11.5 Å². The molecule has 0 atom stereocenters. The average Bonchev–Trinajstić information content (AvgIpc) is 2.80. The van der Waals surface area contributed by atoms with Gasteiger partial charge >= 0.3 is 0 Å². The predicted octanol–water partition coefficient (Wildman–Crippen LogP) is 3.35. The highest BCUT2D eigenvalue weighted by atomic mass is 35.5.